The minimum Gasteiger partial charge on any atom is -0.371 e. The van der Waals surface area contributed by atoms with Crippen LogP contribution >= 0.6 is 0 Å². The van der Waals surface area contributed by atoms with Crippen molar-refractivity contribution in [3.63, 3.8) is 0 Å². The number of hydrogen-bond acceptors (Lipinski definition) is 3. The summed E-state index contributed by atoms with van der Waals surface area (Å²) in [7, 11) is 0. The van der Waals surface area contributed by atoms with Gasteiger partial charge in [-0.15, -0.1) is 0 Å². The van der Waals surface area contributed by atoms with Crippen molar-refractivity contribution in [3.8, 4) is 28.3 Å². The molecule has 162 valence electrons. The highest BCUT2D eigenvalue weighted by Crippen LogP contribution is 2.36. The smallest absolute Gasteiger partial charge is 0.179 e. The van der Waals surface area contributed by atoms with Gasteiger partial charge >= 0.3 is 0 Å². The molecule has 4 heterocycles. The molecule has 0 saturated carbocycles. The Hall–Kier alpha value is -3.48. The standard InChI is InChI=1S/C25H23F2N5/c1-2-16-7-8-30(12-16)20-4-6-23-18(9-20)14-31-13-17(21-5-3-19(26)11-22(21)27)10-24(31)25-28-15-29-32(23)25/h3-6,9-11,13,15-16H,2,7-8,12,14H2,1H3/t16-/m0/s1. The van der Waals surface area contributed by atoms with Gasteiger partial charge in [0.1, 0.15) is 18.0 Å². The number of benzene rings is 2. The fourth-order valence-electron chi connectivity index (χ4n) is 4.98. The van der Waals surface area contributed by atoms with Crippen LogP contribution in [0.3, 0.4) is 0 Å². The van der Waals surface area contributed by atoms with Crippen LogP contribution in [0.5, 0.6) is 0 Å². The summed E-state index contributed by atoms with van der Waals surface area (Å²) in [5, 5.41) is 4.48. The second kappa shape index (κ2) is 7.29. The molecule has 0 amide bonds. The minimum atomic E-state index is -0.583. The van der Waals surface area contributed by atoms with Gasteiger partial charge in [-0.1, -0.05) is 13.3 Å². The van der Waals surface area contributed by atoms with Crippen molar-refractivity contribution < 1.29 is 8.78 Å². The topological polar surface area (TPSA) is 38.9 Å². The zero-order chi connectivity index (χ0) is 21.8. The van der Waals surface area contributed by atoms with E-state index < -0.39 is 11.6 Å². The Kier molecular flexibility index (Phi) is 4.38. The van der Waals surface area contributed by atoms with E-state index in [2.05, 4.69) is 44.7 Å². The van der Waals surface area contributed by atoms with Gasteiger partial charge in [-0.3, -0.25) is 0 Å². The van der Waals surface area contributed by atoms with Crippen LogP contribution in [0.15, 0.2) is 55.0 Å². The van der Waals surface area contributed by atoms with E-state index in [1.54, 1.807) is 6.33 Å². The van der Waals surface area contributed by atoms with Crippen molar-refractivity contribution in [2.24, 2.45) is 5.92 Å². The molecule has 6 rings (SSSR count). The van der Waals surface area contributed by atoms with Gasteiger partial charge in [-0.25, -0.2) is 18.4 Å². The van der Waals surface area contributed by atoms with E-state index in [4.69, 9.17) is 0 Å². The Morgan fingerprint density at radius 3 is 2.81 bits per heavy atom. The number of hydrogen-bond donors (Lipinski definition) is 0. The van der Waals surface area contributed by atoms with Gasteiger partial charge in [-0.05, 0) is 54.3 Å². The number of halogens is 2. The van der Waals surface area contributed by atoms with E-state index in [0.29, 0.717) is 23.5 Å². The lowest BCUT2D eigenvalue weighted by Gasteiger charge is -2.20. The van der Waals surface area contributed by atoms with Crippen LogP contribution in [0.1, 0.15) is 25.3 Å². The number of fused-ring (bicyclic) bond motifs is 5. The van der Waals surface area contributed by atoms with Gasteiger partial charge in [0, 0.05) is 48.7 Å². The van der Waals surface area contributed by atoms with Crippen molar-refractivity contribution in [3.05, 3.63) is 72.2 Å². The van der Waals surface area contributed by atoms with Gasteiger partial charge in [-0.2, -0.15) is 5.10 Å². The minimum absolute atomic E-state index is 0.370. The third-order valence-corrected chi connectivity index (χ3v) is 6.78. The maximum atomic E-state index is 14.5. The zero-order valence-electron chi connectivity index (χ0n) is 17.8. The van der Waals surface area contributed by atoms with Gasteiger partial charge < -0.3 is 9.47 Å². The summed E-state index contributed by atoms with van der Waals surface area (Å²) in [6.07, 6.45) is 5.89. The van der Waals surface area contributed by atoms with Crippen molar-refractivity contribution in [1.29, 1.82) is 0 Å². The molecule has 32 heavy (non-hydrogen) atoms. The van der Waals surface area contributed by atoms with Gasteiger partial charge in [0.05, 0.1) is 11.4 Å². The lowest BCUT2D eigenvalue weighted by atomic mass is 10.1. The normalized spacial score (nSPS) is 17.1. The Bertz CT molecular complexity index is 1320. The van der Waals surface area contributed by atoms with Gasteiger partial charge in [0.15, 0.2) is 5.82 Å². The van der Waals surface area contributed by atoms with E-state index in [-0.39, 0.29) is 0 Å². The third kappa shape index (κ3) is 3.03. The van der Waals surface area contributed by atoms with Crippen molar-refractivity contribution >= 4 is 5.69 Å². The first-order chi connectivity index (χ1) is 15.6. The zero-order valence-corrected chi connectivity index (χ0v) is 17.8. The van der Waals surface area contributed by atoms with Gasteiger partial charge in [0.25, 0.3) is 0 Å². The van der Waals surface area contributed by atoms with Crippen LogP contribution in [-0.2, 0) is 6.54 Å². The summed E-state index contributed by atoms with van der Waals surface area (Å²) in [5.41, 5.74) is 5.28. The summed E-state index contributed by atoms with van der Waals surface area (Å²) in [6.45, 7) is 5.05. The highest BCUT2D eigenvalue weighted by atomic mass is 19.1. The number of nitrogens with zero attached hydrogens (tertiary/aromatic N) is 5. The second-order valence-electron chi connectivity index (χ2n) is 8.68. The molecule has 2 aliphatic rings. The van der Waals surface area contributed by atoms with E-state index in [0.717, 1.165) is 42.0 Å². The Labute approximate surface area is 184 Å². The summed E-state index contributed by atoms with van der Waals surface area (Å²) >= 11 is 0. The summed E-state index contributed by atoms with van der Waals surface area (Å²) in [5.74, 6) is 0.298. The van der Waals surface area contributed by atoms with Gasteiger partial charge in [0.2, 0.25) is 0 Å². The molecule has 0 spiro atoms. The molecule has 0 unspecified atom stereocenters. The molecule has 0 aliphatic carbocycles. The van der Waals surface area contributed by atoms with Crippen LogP contribution in [0, 0.1) is 17.6 Å². The van der Waals surface area contributed by atoms with Crippen molar-refractivity contribution in [1.82, 2.24) is 19.3 Å². The summed E-state index contributed by atoms with van der Waals surface area (Å²) in [4.78, 5) is 6.94. The molecule has 2 aromatic carbocycles. The highest BCUT2D eigenvalue weighted by Gasteiger charge is 2.25. The predicted octanol–water partition coefficient (Wildman–Crippen LogP) is 5.28. The fourth-order valence-corrected chi connectivity index (χ4v) is 4.98. The molecule has 0 bridgehead atoms. The van der Waals surface area contributed by atoms with Crippen LogP contribution in [0.25, 0.3) is 28.3 Å². The maximum absolute atomic E-state index is 14.5. The summed E-state index contributed by atoms with van der Waals surface area (Å²) < 4.78 is 31.8. The average molecular weight is 431 g/mol. The Morgan fingerprint density at radius 1 is 1.09 bits per heavy atom. The largest absolute Gasteiger partial charge is 0.371 e. The average Bonchev–Trinajstić information content (AvgIpc) is 3.52. The highest BCUT2D eigenvalue weighted by molar-refractivity contribution is 5.72. The van der Waals surface area contributed by atoms with E-state index in [9.17, 15) is 8.78 Å². The lowest BCUT2D eigenvalue weighted by Crippen LogP contribution is -2.20. The van der Waals surface area contributed by atoms with E-state index in [1.807, 2.05) is 16.9 Å². The fraction of sp³-hybridized carbons (Fsp3) is 0.280. The maximum Gasteiger partial charge on any atom is 0.179 e. The monoisotopic (exact) mass is 431 g/mol. The Morgan fingerprint density at radius 2 is 2.00 bits per heavy atom. The Balaban J connectivity index is 1.44. The number of aromatic nitrogens is 4. The molecule has 7 heteroatoms. The molecule has 5 nitrogen and oxygen atoms in total. The third-order valence-electron chi connectivity index (χ3n) is 6.78. The first-order valence-electron chi connectivity index (χ1n) is 11.0. The van der Waals surface area contributed by atoms with Crippen LogP contribution in [0.4, 0.5) is 14.5 Å². The quantitative estimate of drug-likeness (QED) is 0.390. The second-order valence-corrected chi connectivity index (χ2v) is 8.68. The first kappa shape index (κ1) is 19.2. The molecular weight excluding hydrogens is 408 g/mol. The molecule has 2 aliphatic heterocycles. The van der Waals surface area contributed by atoms with Crippen LogP contribution in [-0.4, -0.2) is 32.4 Å². The van der Waals surface area contributed by atoms with Crippen LogP contribution < -0.4 is 4.90 Å². The number of anilines is 1. The molecule has 2 aromatic heterocycles. The lowest BCUT2D eigenvalue weighted by molar-refractivity contribution is 0.569. The van der Waals surface area contributed by atoms with E-state index >= 15 is 0 Å². The molecule has 1 saturated heterocycles. The summed E-state index contributed by atoms with van der Waals surface area (Å²) in [6, 6.07) is 12.1. The molecule has 1 fully saturated rings. The SMILES string of the molecule is CC[C@H]1CCN(c2ccc3c(c2)Cn2cc(-c4ccc(F)cc4F)cc2-c2ncnn2-3)C1. The van der Waals surface area contributed by atoms with Crippen LogP contribution in [0.2, 0.25) is 0 Å². The molecular formula is C25H23F2N5. The van der Waals surface area contributed by atoms with Crippen molar-refractivity contribution in [2.45, 2.75) is 26.3 Å². The van der Waals surface area contributed by atoms with E-state index in [1.165, 1.54) is 30.7 Å². The molecule has 1 atom stereocenters. The number of rotatable bonds is 3. The molecule has 0 N–H and O–H groups in total. The molecule has 0 radical (unpaired) electrons. The predicted molar refractivity (Wildman–Crippen MR) is 120 cm³/mol. The first-order valence-corrected chi connectivity index (χ1v) is 11.0. The van der Waals surface area contributed by atoms with Crippen molar-refractivity contribution in [2.75, 3.05) is 18.0 Å². The molecule has 4 aromatic rings.